The first-order valence-corrected chi connectivity index (χ1v) is 14.6. The van der Waals surface area contributed by atoms with E-state index >= 15 is 0 Å². The monoisotopic (exact) mass is 561 g/mol. The first-order valence-electron chi connectivity index (χ1n) is 13.2. The summed E-state index contributed by atoms with van der Waals surface area (Å²) in [6.07, 6.45) is 0. The van der Waals surface area contributed by atoms with Gasteiger partial charge in [-0.25, -0.2) is 4.79 Å². The summed E-state index contributed by atoms with van der Waals surface area (Å²) in [5.41, 5.74) is 7.46. The van der Waals surface area contributed by atoms with Crippen LogP contribution in [0.1, 0.15) is 73.2 Å². The number of nitrogens with one attached hydrogen (secondary N) is 2. The van der Waals surface area contributed by atoms with Crippen LogP contribution in [0.15, 0.2) is 65.8 Å². The van der Waals surface area contributed by atoms with Gasteiger partial charge in [0.15, 0.2) is 11.0 Å². The molecule has 39 heavy (non-hydrogen) atoms. The number of aromatic nitrogens is 3. The summed E-state index contributed by atoms with van der Waals surface area (Å²) in [5, 5.41) is 16.5. The molecule has 0 unspecified atom stereocenters. The van der Waals surface area contributed by atoms with Crippen molar-refractivity contribution in [3.05, 3.63) is 99.3 Å². The maximum atomic E-state index is 13.1. The molecule has 1 aromatic heterocycles. The summed E-state index contributed by atoms with van der Waals surface area (Å²) in [4.78, 5) is 13.1. The number of nitrogens with zero attached hydrogens (tertiary/aromatic N) is 3. The van der Waals surface area contributed by atoms with Crippen molar-refractivity contribution in [2.24, 2.45) is 0 Å². The number of benzene rings is 3. The molecule has 3 aromatic carbocycles. The Balaban J connectivity index is 1.59. The standard InChI is InChI=1S/C31H36ClN5OS/c1-19(2)25-11-8-12-26(20(3)4)29(25)34-30(38)33-17-28-35-36-31(39-18-23-10-7-9-21(5)15-23)37(28)27-16-24(32)14-13-22(27)6/h7-16,19-20H,17-18H2,1-6H3,(H2,33,34,38). The molecule has 2 amide bonds. The van der Waals surface area contributed by atoms with Crippen molar-refractivity contribution >= 4 is 35.1 Å². The molecule has 8 heteroatoms. The van der Waals surface area contributed by atoms with Crippen molar-refractivity contribution in [2.45, 2.75) is 70.8 Å². The third-order valence-corrected chi connectivity index (χ3v) is 7.82. The Morgan fingerprint density at radius 3 is 2.31 bits per heavy atom. The second-order valence-corrected chi connectivity index (χ2v) is 11.8. The van der Waals surface area contributed by atoms with Gasteiger partial charge in [0.25, 0.3) is 0 Å². The van der Waals surface area contributed by atoms with Gasteiger partial charge in [-0.15, -0.1) is 10.2 Å². The van der Waals surface area contributed by atoms with E-state index in [9.17, 15) is 4.79 Å². The molecule has 0 aliphatic rings. The van der Waals surface area contributed by atoms with E-state index in [1.807, 2.05) is 29.7 Å². The molecule has 6 nitrogen and oxygen atoms in total. The second-order valence-electron chi connectivity index (χ2n) is 10.4. The number of para-hydroxylation sites is 1. The predicted octanol–water partition coefficient (Wildman–Crippen LogP) is 8.40. The number of amides is 2. The molecule has 0 spiro atoms. The zero-order chi connectivity index (χ0) is 28.1. The van der Waals surface area contributed by atoms with Gasteiger partial charge in [-0.1, -0.05) is 105 Å². The number of anilines is 1. The molecular formula is C31H36ClN5OS. The van der Waals surface area contributed by atoms with Gasteiger partial charge in [-0.05, 0) is 60.1 Å². The average Bonchev–Trinajstić information content (AvgIpc) is 3.30. The number of halogens is 1. The Morgan fingerprint density at radius 2 is 1.64 bits per heavy atom. The van der Waals surface area contributed by atoms with Gasteiger partial charge in [-0.2, -0.15) is 0 Å². The lowest BCUT2D eigenvalue weighted by atomic mass is 9.93. The summed E-state index contributed by atoms with van der Waals surface area (Å²) < 4.78 is 1.99. The number of carbonyl (C=O) groups is 1. The topological polar surface area (TPSA) is 71.8 Å². The minimum atomic E-state index is -0.281. The quantitative estimate of drug-likeness (QED) is 0.201. The van der Waals surface area contributed by atoms with E-state index in [1.54, 1.807) is 11.8 Å². The van der Waals surface area contributed by atoms with Crippen LogP contribution >= 0.6 is 23.4 Å². The molecule has 0 aliphatic heterocycles. The highest BCUT2D eigenvalue weighted by Gasteiger charge is 2.19. The smallest absolute Gasteiger partial charge is 0.319 e. The fourth-order valence-electron chi connectivity index (χ4n) is 4.54. The van der Waals surface area contributed by atoms with Gasteiger partial charge in [0.1, 0.15) is 0 Å². The van der Waals surface area contributed by atoms with Crippen LogP contribution in [0.3, 0.4) is 0 Å². The van der Waals surface area contributed by atoms with Crippen molar-refractivity contribution in [3.63, 3.8) is 0 Å². The van der Waals surface area contributed by atoms with Crippen LogP contribution in [0.5, 0.6) is 0 Å². The summed E-state index contributed by atoms with van der Waals surface area (Å²) in [7, 11) is 0. The summed E-state index contributed by atoms with van der Waals surface area (Å²) in [6.45, 7) is 12.9. The van der Waals surface area contributed by atoms with E-state index in [0.29, 0.717) is 10.8 Å². The Morgan fingerprint density at radius 1 is 0.949 bits per heavy atom. The lowest BCUT2D eigenvalue weighted by molar-refractivity contribution is 0.251. The molecule has 4 rings (SSSR count). The van der Waals surface area contributed by atoms with Crippen molar-refractivity contribution in [1.82, 2.24) is 20.1 Å². The molecule has 0 aliphatic carbocycles. The van der Waals surface area contributed by atoms with Crippen LogP contribution in [0.25, 0.3) is 5.69 Å². The van der Waals surface area contributed by atoms with Crippen LogP contribution in [0.2, 0.25) is 5.02 Å². The van der Waals surface area contributed by atoms with Crippen molar-refractivity contribution in [3.8, 4) is 5.69 Å². The molecular weight excluding hydrogens is 526 g/mol. The number of hydrogen-bond acceptors (Lipinski definition) is 4. The van der Waals surface area contributed by atoms with Gasteiger partial charge in [-0.3, -0.25) is 4.57 Å². The third-order valence-electron chi connectivity index (χ3n) is 6.58. The van der Waals surface area contributed by atoms with E-state index in [4.69, 9.17) is 11.6 Å². The van der Waals surface area contributed by atoms with Crippen molar-refractivity contribution in [1.29, 1.82) is 0 Å². The van der Waals surface area contributed by atoms with E-state index in [2.05, 4.69) is 97.9 Å². The number of aryl methyl sites for hydroxylation is 2. The Labute approximate surface area is 240 Å². The van der Waals surface area contributed by atoms with Crippen LogP contribution in [0.4, 0.5) is 10.5 Å². The molecule has 4 aromatic rings. The number of thioether (sulfide) groups is 1. The zero-order valence-corrected chi connectivity index (χ0v) is 25.0. The maximum Gasteiger partial charge on any atom is 0.319 e. The molecule has 204 valence electrons. The highest BCUT2D eigenvalue weighted by Crippen LogP contribution is 2.32. The molecule has 1 heterocycles. The molecule has 0 saturated carbocycles. The minimum absolute atomic E-state index is 0.205. The molecule has 0 saturated heterocycles. The Bertz CT molecular complexity index is 1440. The Hall–Kier alpha value is -3.29. The van der Waals surface area contributed by atoms with E-state index < -0.39 is 0 Å². The highest BCUT2D eigenvalue weighted by molar-refractivity contribution is 7.98. The Kier molecular flexibility index (Phi) is 9.36. The molecule has 2 N–H and O–H groups in total. The molecule has 0 bridgehead atoms. The van der Waals surface area contributed by atoms with Crippen LogP contribution in [0, 0.1) is 13.8 Å². The first-order chi connectivity index (χ1) is 18.6. The van der Waals surface area contributed by atoms with Gasteiger partial charge in [0.2, 0.25) is 0 Å². The second kappa shape index (κ2) is 12.7. The fourth-order valence-corrected chi connectivity index (χ4v) is 5.61. The van der Waals surface area contributed by atoms with Gasteiger partial charge < -0.3 is 10.6 Å². The summed E-state index contributed by atoms with van der Waals surface area (Å²) in [6, 6.07) is 20.1. The van der Waals surface area contributed by atoms with Crippen molar-refractivity contribution in [2.75, 3.05) is 5.32 Å². The molecule has 0 fully saturated rings. The van der Waals surface area contributed by atoms with E-state index in [-0.39, 0.29) is 24.4 Å². The third kappa shape index (κ3) is 7.02. The van der Waals surface area contributed by atoms with E-state index in [1.165, 1.54) is 11.1 Å². The number of carbonyl (C=O) groups excluding carboxylic acids is 1. The lowest BCUT2D eigenvalue weighted by Gasteiger charge is -2.20. The van der Waals surface area contributed by atoms with Gasteiger partial charge >= 0.3 is 6.03 Å². The van der Waals surface area contributed by atoms with Gasteiger partial charge in [0.05, 0.1) is 12.2 Å². The van der Waals surface area contributed by atoms with Crippen LogP contribution in [-0.2, 0) is 12.3 Å². The molecule has 0 atom stereocenters. The highest BCUT2D eigenvalue weighted by atomic mass is 35.5. The first kappa shape index (κ1) is 28.7. The van der Waals surface area contributed by atoms with Crippen LogP contribution < -0.4 is 10.6 Å². The minimum Gasteiger partial charge on any atom is -0.331 e. The van der Waals surface area contributed by atoms with E-state index in [0.717, 1.165) is 39.0 Å². The predicted molar refractivity (Wildman–Crippen MR) is 162 cm³/mol. The normalized spacial score (nSPS) is 11.3. The SMILES string of the molecule is Cc1cccc(CSc2nnc(CNC(=O)Nc3c(C(C)C)cccc3C(C)C)n2-c2cc(Cl)ccc2C)c1. The largest absolute Gasteiger partial charge is 0.331 e. The number of hydrogen-bond donors (Lipinski definition) is 2. The van der Waals surface area contributed by atoms with Gasteiger partial charge in [0, 0.05) is 16.5 Å². The molecule has 0 radical (unpaired) electrons. The number of rotatable bonds is 9. The fraction of sp³-hybridized carbons (Fsp3) is 0.323. The zero-order valence-electron chi connectivity index (χ0n) is 23.4. The van der Waals surface area contributed by atoms with Crippen molar-refractivity contribution < 1.29 is 4.79 Å². The van der Waals surface area contributed by atoms with Crippen LogP contribution in [-0.4, -0.2) is 20.8 Å². The maximum absolute atomic E-state index is 13.1. The average molecular weight is 562 g/mol. The lowest BCUT2D eigenvalue weighted by Crippen LogP contribution is -2.30. The summed E-state index contributed by atoms with van der Waals surface area (Å²) in [5.74, 6) is 1.93. The number of urea groups is 1. The summed E-state index contributed by atoms with van der Waals surface area (Å²) >= 11 is 7.99.